The summed E-state index contributed by atoms with van der Waals surface area (Å²) in [6, 6.07) is 4.64. The smallest absolute Gasteiger partial charge is 0.404 e. The summed E-state index contributed by atoms with van der Waals surface area (Å²) >= 11 is 12.1. The van der Waals surface area contributed by atoms with Crippen molar-refractivity contribution in [2.75, 3.05) is 6.54 Å². The molecule has 180 valence electrons. The van der Waals surface area contributed by atoms with E-state index in [1.165, 1.54) is 12.5 Å². The lowest BCUT2D eigenvalue weighted by Gasteiger charge is -2.64. The van der Waals surface area contributed by atoms with Gasteiger partial charge in [0.2, 0.25) is 5.91 Å². The van der Waals surface area contributed by atoms with E-state index < -0.39 is 13.0 Å². The molecule has 3 saturated carbocycles. The Balaban J connectivity index is 1.39. The van der Waals surface area contributed by atoms with Crippen molar-refractivity contribution in [3.8, 4) is 0 Å². The molecule has 2 N–H and O–H groups in total. The maximum absolute atomic E-state index is 12.8. The molecule has 2 bridgehead atoms. The number of rotatable bonds is 7. The van der Waals surface area contributed by atoms with Crippen molar-refractivity contribution >= 4 is 42.1 Å². The minimum Gasteiger partial charge on any atom is -0.404 e. The average molecular weight is 495 g/mol. The molecule has 33 heavy (non-hydrogen) atoms. The standard InChI is InChI=1S/C24H33BCl2N2O4/c1-13(2)8-20(25-32-19-10-14-9-18(23(14,3)4)24(19,5)33-25)29-21(30)12-28-22(31)16-11-15(26)6-7-17(16)27/h6-7,11,13-14,18-20H,8-10,12H2,1-5H3,(H,28,31)(H,29,30)/t14-,18+,19?,20-,24-/m0/s1. The summed E-state index contributed by atoms with van der Waals surface area (Å²) in [5.74, 6) is 0.399. The van der Waals surface area contributed by atoms with Crippen LogP contribution in [0, 0.1) is 23.2 Å². The second-order valence-corrected chi connectivity index (χ2v) is 11.8. The third kappa shape index (κ3) is 4.66. The number of carbonyl (C=O) groups is 2. The van der Waals surface area contributed by atoms with Crippen molar-refractivity contribution in [3.05, 3.63) is 33.8 Å². The van der Waals surface area contributed by atoms with Gasteiger partial charge in [-0.05, 0) is 67.6 Å². The van der Waals surface area contributed by atoms with Gasteiger partial charge in [-0.3, -0.25) is 9.59 Å². The molecule has 6 nitrogen and oxygen atoms in total. The first-order valence-electron chi connectivity index (χ1n) is 11.8. The molecule has 4 fully saturated rings. The Morgan fingerprint density at radius 2 is 1.94 bits per heavy atom. The van der Waals surface area contributed by atoms with E-state index in [0.717, 1.165) is 6.42 Å². The first kappa shape index (κ1) is 24.8. The number of hydrogen-bond donors (Lipinski definition) is 2. The molecule has 5 rings (SSSR count). The molecule has 0 spiro atoms. The fraction of sp³-hybridized carbons (Fsp3) is 0.667. The van der Waals surface area contributed by atoms with Gasteiger partial charge in [0.15, 0.2) is 0 Å². The van der Waals surface area contributed by atoms with Crippen molar-refractivity contribution in [1.29, 1.82) is 0 Å². The van der Waals surface area contributed by atoms with E-state index in [0.29, 0.717) is 29.2 Å². The molecule has 3 aliphatic carbocycles. The van der Waals surface area contributed by atoms with Crippen LogP contribution in [0.25, 0.3) is 0 Å². The van der Waals surface area contributed by atoms with Gasteiger partial charge in [-0.25, -0.2) is 0 Å². The maximum atomic E-state index is 12.8. The highest BCUT2D eigenvalue weighted by atomic mass is 35.5. The molecular formula is C24H33BCl2N2O4. The van der Waals surface area contributed by atoms with Gasteiger partial charge in [-0.15, -0.1) is 0 Å². The summed E-state index contributed by atoms with van der Waals surface area (Å²) in [4.78, 5) is 25.2. The minimum absolute atomic E-state index is 0.0514. The summed E-state index contributed by atoms with van der Waals surface area (Å²) in [7, 11) is -0.500. The molecule has 1 heterocycles. The van der Waals surface area contributed by atoms with Crippen molar-refractivity contribution in [3.63, 3.8) is 0 Å². The van der Waals surface area contributed by atoms with Crippen molar-refractivity contribution in [2.24, 2.45) is 23.2 Å². The van der Waals surface area contributed by atoms with E-state index in [-0.39, 0.29) is 46.1 Å². The zero-order valence-electron chi connectivity index (χ0n) is 19.9. The highest BCUT2D eigenvalue weighted by Crippen LogP contribution is 2.65. The number of hydrogen-bond acceptors (Lipinski definition) is 4. The summed E-state index contributed by atoms with van der Waals surface area (Å²) < 4.78 is 13.0. The van der Waals surface area contributed by atoms with Crippen LogP contribution in [0.5, 0.6) is 0 Å². The fourth-order valence-electron chi connectivity index (χ4n) is 6.00. The van der Waals surface area contributed by atoms with Crippen LogP contribution in [0.3, 0.4) is 0 Å². The zero-order valence-corrected chi connectivity index (χ0v) is 21.4. The maximum Gasteiger partial charge on any atom is 0.481 e. The van der Waals surface area contributed by atoms with Gasteiger partial charge in [-0.2, -0.15) is 0 Å². The van der Waals surface area contributed by atoms with Gasteiger partial charge in [-0.1, -0.05) is 50.9 Å². The molecule has 9 heteroatoms. The summed E-state index contributed by atoms with van der Waals surface area (Å²) in [5, 5.41) is 6.34. The molecule has 0 aromatic heterocycles. The Kier molecular flexibility index (Phi) is 6.82. The Hall–Kier alpha value is -1.28. The topological polar surface area (TPSA) is 76.7 Å². The minimum atomic E-state index is -0.500. The van der Waals surface area contributed by atoms with E-state index in [2.05, 4.69) is 45.3 Å². The Morgan fingerprint density at radius 3 is 2.61 bits per heavy atom. The van der Waals surface area contributed by atoms with Gasteiger partial charge < -0.3 is 19.9 Å². The molecule has 1 saturated heterocycles. The van der Waals surface area contributed by atoms with Crippen molar-refractivity contribution < 1.29 is 18.9 Å². The van der Waals surface area contributed by atoms with Crippen molar-refractivity contribution in [2.45, 2.75) is 71.5 Å². The highest BCUT2D eigenvalue weighted by molar-refractivity contribution is 6.48. The summed E-state index contributed by atoms with van der Waals surface area (Å²) in [5.41, 5.74) is 0.156. The van der Waals surface area contributed by atoms with Gasteiger partial charge in [0.25, 0.3) is 5.91 Å². The number of carbonyl (C=O) groups excluding carboxylic acids is 2. The number of nitrogens with one attached hydrogen (secondary N) is 2. The lowest BCUT2D eigenvalue weighted by atomic mass is 9.43. The monoisotopic (exact) mass is 494 g/mol. The molecular weight excluding hydrogens is 462 g/mol. The third-order valence-electron chi connectivity index (χ3n) is 7.95. The Morgan fingerprint density at radius 1 is 1.21 bits per heavy atom. The van der Waals surface area contributed by atoms with Crippen LogP contribution in [0.1, 0.15) is 64.2 Å². The van der Waals surface area contributed by atoms with E-state index in [4.69, 9.17) is 32.5 Å². The van der Waals surface area contributed by atoms with Crippen LogP contribution in [-0.4, -0.2) is 43.1 Å². The SMILES string of the molecule is CC(C)C[C@H](NC(=O)CNC(=O)c1cc(Cl)ccc1Cl)B1OC2C[C@@H]3C[C@H](C3(C)C)[C@]2(C)O1. The summed E-state index contributed by atoms with van der Waals surface area (Å²) in [6.07, 6.45) is 2.94. The quantitative estimate of drug-likeness (QED) is 0.546. The number of amides is 2. The van der Waals surface area contributed by atoms with Crippen LogP contribution >= 0.6 is 23.2 Å². The summed E-state index contributed by atoms with van der Waals surface area (Å²) in [6.45, 7) is 10.8. The van der Waals surface area contributed by atoms with Crippen LogP contribution in [0.4, 0.5) is 0 Å². The van der Waals surface area contributed by atoms with E-state index in [1.807, 2.05) is 0 Å². The lowest BCUT2D eigenvalue weighted by Crippen LogP contribution is -2.65. The predicted octanol–water partition coefficient (Wildman–Crippen LogP) is 4.52. The Labute approximate surface area is 206 Å². The second-order valence-electron chi connectivity index (χ2n) is 10.9. The van der Waals surface area contributed by atoms with Gasteiger partial charge in [0.05, 0.1) is 34.8 Å². The molecule has 1 aliphatic heterocycles. The lowest BCUT2D eigenvalue weighted by molar-refractivity contribution is -0.199. The average Bonchev–Trinajstić information content (AvgIpc) is 3.10. The molecule has 1 aromatic rings. The molecule has 5 atom stereocenters. The molecule has 4 aliphatic rings. The van der Waals surface area contributed by atoms with Gasteiger partial charge >= 0.3 is 7.12 Å². The largest absolute Gasteiger partial charge is 0.481 e. The zero-order chi connectivity index (χ0) is 24.1. The van der Waals surface area contributed by atoms with Crippen LogP contribution < -0.4 is 10.6 Å². The molecule has 2 amide bonds. The van der Waals surface area contributed by atoms with E-state index in [1.54, 1.807) is 12.1 Å². The van der Waals surface area contributed by atoms with Crippen LogP contribution in [0.15, 0.2) is 18.2 Å². The van der Waals surface area contributed by atoms with E-state index >= 15 is 0 Å². The highest BCUT2D eigenvalue weighted by Gasteiger charge is 2.68. The number of halogens is 2. The Bertz CT molecular complexity index is 943. The van der Waals surface area contributed by atoms with Crippen LogP contribution in [0.2, 0.25) is 10.0 Å². The third-order valence-corrected chi connectivity index (χ3v) is 8.52. The van der Waals surface area contributed by atoms with Crippen LogP contribution in [-0.2, 0) is 14.1 Å². The number of benzene rings is 1. The fourth-order valence-corrected chi connectivity index (χ4v) is 6.38. The second kappa shape index (κ2) is 9.06. The predicted molar refractivity (Wildman–Crippen MR) is 130 cm³/mol. The molecule has 0 radical (unpaired) electrons. The van der Waals surface area contributed by atoms with Crippen molar-refractivity contribution in [1.82, 2.24) is 10.6 Å². The first-order chi connectivity index (χ1) is 15.4. The normalized spacial score (nSPS) is 30.4. The van der Waals surface area contributed by atoms with Gasteiger partial charge in [0, 0.05) is 5.02 Å². The molecule has 1 aromatic carbocycles. The van der Waals surface area contributed by atoms with Gasteiger partial charge in [0.1, 0.15) is 0 Å². The van der Waals surface area contributed by atoms with E-state index in [9.17, 15) is 9.59 Å². The first-order valence-corrected chi connectivity index (χ1v) is 12.5. The molecule has 1 unspecified atom stereocenters.